The van der Waals surface area contributed by atoms with Gasteiger partial charge in [-0.3, -0.25) is 19.3 Å². The van der Waals surface area contributed by atoms with E-state index in [0.29, 0.717) is 50.3 Å². The Labute approximate surface area is 289 Å². The van der Waals surface area contributed by atoms with Gasteiger partial charge in [0.1, 0.15) is 5.78 Å². The van der Waals surface area contributed by atoms with Gasteiger partial charge < -0.3 is 14.6 Å². The molecule has 0 radical (unpaired) electrons. The molecule has 1 fully saturated rings. The molecule has 1 aliphatic heterocycles. The Morgan fingerprint density at radius 2 is 1.30 bits per heavy atom. The molecule has 4 unspecified atom stereocenters. The number of rotatable bonds is 34. The van der Waals surface area contributed by atoms with Gasteiger partial charge in [-0.15, -0.1) is 0 Å². The Kier molecular flexibility index (Phi) is 28.3. The van der Waals surface area contributed by atoms with Crippen molar-refractivity contribution in [2.45, 2.75) is 200 Å². The minimum atomic E-state index is -0.196. The van der Waals surface area contributed by atoms with E-state index in [1.165, 1.54) is 70.6 Å². The first-order chi connectivity index (χ1) is 22.9. The Hall–Kier alpha value is -1.47. The second-order valence-corrected chi connectivity index (χ2v) is 14.5. The lowest BCUT2D eigenvalue weighted by molar-refractivity contribution is -0.144. The second-order valence-electron chi connectivity index (χ2n) is 14.5. The number of hydrogen-bond acceptors (Lipinski definition) is 7. The number of unbranched alkanes of at least 4 members (excludes halogenated alkanes) is 15. The summed E-state index contributed by atoms with van der Waals surface area (Å²) in [6.45, 7) is 9.85. The van der Waals surface area contributed by atoms with Crippen LogP contribution in [0.3, 0.4) is 0 Å². The van der Waals surface area contributed by atoms with E-state index in [4.69, 9.17) is 9.47 Å². The van der Waals surface area contributed by atoms with E-state index in [9.17, 15) is 19.5 Å². The quantitative estimate of drug-likeness (QED) is 0.0415. The highest BCUT2D eigenvalue weighted by Crippen LogP contribution is 2.31. The van der Waals surface area contributed by atoms with Crippen LogP contribution in [-0.2, 0) is 23.9 Å². The molecule has 0 aliphatic carbocycles. The van der Waals surface area contributed by atoms with Crippen LogP contribution >= 0.6 is 0 Å². The normalized spacial score (nSPS) is 17.9. The molecule has 4 atom stereocenters. The summed E-state index contributed by atoms with van der Waals surface area (Å²) in [5, 5.41) is 9.84. The van der Waals surface area contributed by atoms with Crippen LogP contribution in [0.4, 0.5) is 0 Å². The Balaban J connectivity index is 2.57. The summed E-state index contributed by atoms with van der Waals surface area (Å²) in [7, 11) is 0. The zero-order chi connectivity index (χ0) is 34.4. The molecule has 1 rings (SSSR count). The van der Waals surface area contributed by atoms with Crippen LogP contribution in [-0.4, -0.2) is 66.7 Å². The molecule has 0 bridgehead atoms. The van der Waals surface area contributed by atoms with Crippen LogP contribution < -0.4 is 0 Å². The van der Waals surface area contributed by atoms with E-state index in [-0.39, 0.29) is 18.0 Å². The molecule has 0 saturated carbocycles. The topological polar surface area (TPSA) is 93.1 Å². The minimum Gasteiger partial charge on any atom is -0.468 e. The van der Waals surface area contributed by atoms with E-state index in [1.807, 2.05) is 0 Å². The van der Waals surface area contributed by atoms with Gasteiger partial charge in [-0.05, 0) is 77.2 Å². The van der Waals surface area contributed by atoms with Gasteiger partial charge in [0.05, 0.1) is 19.3 Å². The predicted octanol–water partition coefficient (Wildman–Crippen LogP) is 9.75. The average Bonchev–Trinajstić information content (AvgIpc) is 3.38. The van der Waals surface area contributed by atoms with Gasteiger partial charge in [0, 0.05) is 31.3 Å². The van der Waals surface area contributed by atoms with Crippen molar-refractivity contribution in [2.24, 2.45) is 11.8 Å². The second kappa shape index (κ2) is 30.6. The number of carbonyl (C=O) groups is 3. The number of carbonyl (C=O) groups excluding carboxylic acids is 3. The fourth-order valence-electron chi connectivity index (χ4n) is 7.35. The number of likely N-dealkylation sites (tertiary alicyclic amines) is 1. The highest BCUT2D eigenvalue weighted by molar-refractivity contribution is 5.81. The standard InChI is InChI=1S/C40H75NO6/c1-4-6-8-10-13-18-25-36(24-17-12-9-7-5-2)38(39(44)27-19-14-11-15-22-30-46-34-42)26-23-31-47-40(45)28-20-16-21-29-41-33-37(43)32-35(41)3/h34-38,43H,4-33H2,1-3H3. The molecule has 0 amide bonds. The van der Waals surface area contributed by atoms with Crippen LogP contribution in [0.25, 0.3) is 0 Å². The number of ether oxygens (including phenoxy) is 2. The molecular formula is C40H75NO6. The van der Waals surface area contributed by atoms with E-state index >= 15 is 0 Å². The Morgan fingerprint density at radius 1 is 0.723 bits per heavy atom. The van der Waals surface area contributed by atoms with Crippen molar-refractivity contribution in [1.82, 2.24) is 4.90 Å². The fourth-order valence-corrected chi connectivity index (χ4v) is 7.35. The Morgan fingerprint density at radius 3 is 1.91 bits per heavy atom. The van der Waals surface area contributed by atoms with Crippen LogP contribution in [0.2, 0.25) is 0 Å². The summed E-state index contributed by atoms with van der Waals surface area (Å²) >= 11 is 0. The maximum absolute atomic E-state index is 13.7. The summed E-state index contributed by atoms with van der Waals surface area (Å²) in [5.41, 5.74) is 0. The van der Waals surface area contributed by atoms with E-state index in [2.05, 4.69) is 25.7 Å². The molecule has 1 heterocycles. The summed E-state index contributed by atoms with van der Waals surface area (Å²) < 4.78 is 10.4. The zero-order valence-corrected chi connectivity index (χ0v) is 31.0. The molecule has 0 spiro atoms. The van der Waals surface area contributed by atoms with Crippen molar-refractivity contribution in [3.8, 4) is 0 Å². The van der Waals surface area contributed by atoms with Gasteiger partial charge in [0.15, 0.2) is 0 Å². The number of β-amino-alcohol motifs (C(OH)–C–C–N with tert-alkyl or cyclic N) is 1. The van der Waals surface area contributed by atoms with Gasteiger partial charge in [-0.1, -0.05) is 110 Å². The SMILES string of the molecule is CCCCCCCCC(CCCCCCC)C(CCCOC(=O)CCCCCN1CC(O)CC1C)C(=O)CCCCCCCOC=O. The number of ketones is 1. The molecule has 7 heteroatoms. The van der Waals surface area contributed by atoms with Crippen LogP contribution in [0, 0.1) is 11.8 Å². The lowest BCUT2D eigenvalue weighted by Crippen LogP contribution is -2.28. The van der Waals surface area contributed by atoms with Crippen LogP contribution in [0.5, 0.6) is 0 Å². The van der Waals surface area contributed by atoms with Gasteiger partial charge in [0.2, 0.25) is 0 Å². The van der Waals surface area contributed by atoms with Crippen molar-refractivity contribution in [1.29, 1.82) is 0 Å². The monoisotopic (exact) mass is 666 g/mol. The van der Waals surface area contributed by atoms with E-state index < -0.39 is 0 Å². The van der Waals surface area contributed by atoms with Gasteiger partial charge in [0.25, 0.3) is 6.47 Å². The van der Waals surface area contributed by atoms with Crippen LogP contribution in [0.15, 0.2) is 0 Å². The minimum absolute atomic E-state index is 0.0722. The summed E-state index contributed by atoms with van der Waals surface area (Å²) in [6, 6.07) is 0.442. The lowest BCUT2D eigenvalue weighted by Gasteiger charge is -2.27. The molecule has 47 heavy (non-hydrogen) atoms. The van der Waals surface area contributed by atoms with Crippen molar-refractivity contribution in [3.05, 3.63) is 0 Å². The molecule has 0 aromatic heterocycles. The fraction of sp³-hybridized carbons (Fsp3) is 0.925. The predicted molar refractivity (Wildman–Crippen MR) is 193 cm³/mol. The number of aliphatic hydroxyl groups is 1. The molecular weight excluding hydrogens is 590 g/mol. The van der Waals surface area contributed by atoms with Gasteiger partial charge in [-0.2, -0.15) is 0 Å². The number of Topliss-reactive ketones (excluding diaryl/α,β-unsaturated/α-hetero) is 1. The molecule has 1 aliphatic rings. The number of esters is 1. The third-order valence-corrected chi connectivity index (χ3v) is 10.3. The molecule has 276 valence electrons. The van der Waals surface area contributed by atoms with E-state index in [0.717, 1.165) is 96.6 Å². The molecule has 1 N–H and O–H groups in total. The average molecular weight is 666 g/mol. The maximum Gasteiger partial charge on any atom is 0.305 e. The van der Waals surface area contributed by atoms with E-state index in [1.54, 1.807) is 0 Å². The number of hydrogen-bond donors (Lipinski definition) is 1. The van der Waals surface area contributed by atoms with Gasteiger partial charge in [-0.25, -0.2) is 0 Å². The molecule has 0 aromatic carbocycles. The largest absolute Gasteiger partial charge is 0.468 e. The lowest BCUT2D eigenvalue weighted by atomic mass is 9.77. The molecule has 1 saturated heterocycles. The van der Waals surface area contributed by atoms with Gasteiger partial charge >= 0.3 is 5.97 Å². The summed E-state index contributed by atoms with van der Waals surface area (Å²) in [5.74, 6) is 0.815. The third kappa shape index (κ3) is 23.5. The first-order valence-corrected chi connectivity index (χ1v) is 20.1. The first kappa shape index (κ1) is 43.6. The van der Waals surface area contributed by atoms with Crippen molar-refractivity contribution < 1.29 is 29.0 Å². The zero-order valence-electron chi connectivity index (χ0n) is 31.0. The third-order valence-electron chi connectivity index (χ3n) is 10.3. The first-order valence-electron chi connectivity index (χ1n) is 20.1. The van der Waals surface area contributed by atoms with Crippen molar-refractivity contribution >= 4 is 18.2 Å². The highest BCUT2D eigenvalue weighted by Gasteiger charge is 2.28. The van der Waals surface area contributed by atoms with Crippen molar-refractivity contribution in [3.63, 3.8) is 0 Å². The van der Waals surface area contributed by atoms with Crippen molar-refractivity contribution in [2.75, 3.05) is 26.3 Å². The molecule has 0 aromatic rings. The smallest absolute Gasteiger partial charge is 0.305 e. The Bertz CT molecular complexity index is 761. The summed E-state index contributed by atoms with van der Waals surface area (Å²) in [4.78, 5) is 38.9. The highest BCUT2D eigenvalue weighted by atomic mass is 16.5. The van der Waals surface area contributed by atoms with Crippen LogP contribution in [0.1, 0.15) is 188 Å². The number of aliphatic hydroxyl groups excluding tert-OH is 1. The number of nitrogens with zero attached hydrogens (tertiary/aromatic N) is 1. The maximum atomic E-state index is 13.7. The summed E-state index contributed by atoms with van der Waals surface area (Å²) in [6.07, 6.45) is 27.4. The molecule has 7 nitrogen and oxygen atoms in total.